The first-order chi connectivity index (χ1) is 12.3. The van der Waals surface area contributed by atoms with Crippen molar-refractivity contribution in [2.45, 2.75) is 20.8 Å². The Hall–Kier alpha value is -3.59. The second-order valence-corrected chi connectivity index (χ2v) is 5.92. The Bertz CT molecular complexity index is 899. The van der Waals surface area contributed by atoms with E-state index in [4.69, 9.17) is 5.11 Å². The molecule has 0 unspecified atom stereocenters. The lowest BCUT2D eigenvalue weighted by Gasteiger charge is -2.11. The van der Waals surface area contributed by atoms with Gasteiger partial charge in [-0.1, -0.05) is 17.7 Å². The summed E-state index contributed by atoms with van der Waals surface area (Å²) >= 11 is 0. The molecular formula is C20H19N3O3. The smallest absolute Gasteiger partial charge is 0.335 e. The van der Waals surface area contributed by atoms with Gasteiger partial charge in [-0.3, -0.25) is 4.79 Å². The average Bonchev–Trinajstić information content (AvgIpc) is 2.57. The predicted molar refractivity (Wildman–Crippen MR) is 100 cm³/mol. The number of nitriles is 1. The van der Waals surface area contributed by atoms with Crippen molar-refractivity contribution >= 4 is 23.3 Å². The van der Waals surface area contributed by atoms with E-state index in [1.165, 1.54) is 30.5 Å². The van der Waals surface area contributed by atoms with E-state index in [0.717, 1.165) is 22.4 Å². The molecule has 26 heavy (non-hydrogen) atoms. The molecule has 0 aliphatic rings. The van der Waals surface area contributed by atoms with Crippen molar-refractivity contribution in [3.63, 3.8) is 0 Å². The number of carboxylic acids is 1. The third-order valence-corrected chi connectivity index (χ3v) is 3.79. The van der Waals surface area contributed by atoms with E-state index < -0.39 is 11.9 Å². The van der Waals surface area contributed by atoms with Gasteiger partial charge in [-0.25, -0.2) is 4.79 Å². The molecule has 0 saturated heterocycles. The predicted octanol–water partition coefficient (Wildman–Crippen LogP) is 3.77. The molecule has 0 aromatic heterocycles. The summed E-state index contributed by atoms with van der Waals surface area (Å²) in [5, 5.41) is 23.7. The van der Waals surface area contributed by atoms with Crippen molar-refractivity contribution in [1.82, 2.24) is 0 Å². The highest BCUT2D eigenvalue weighted by atomic mass is 16.4. The number of nitrogens with one attached hydrogen (secondary N) is 2. The number of rotatable bonds is 5. The number of hydrogen-bond acceptors (Lipinski definition) is 4. The van der Waals surface area contributed by atoms with Crippen LogP contribution in [0.3, 0.4) is 0 Å². The molecule has 0 radical (unpaired) electrons. The monoisotopic (exact) mass is 349 g/mol. The number of nitrogens with zero attached hydrogens (tertiary/aromatic N) is 1. The fourth-order valence-corrected chi connectivity index (χ4v) is 2.60. The molecule has 2 rings (SSSR count). The number of benzene rings is 2. The molecule has 132 valence electrons. The molecule has 1 amide bonds. The summed E-state index contributed by atoms with van der Waals surface area (Å²) < 4.78 is 0. The number of amides is 1. The lowest BCUT2D eigenvalue weighted by atomic mass is 10.1. The van der Waals surface area contributed by atoms with Gasteiger partial charge in [0.05, 0.1) is 5.56 Å². The largest absolute Gasteiger partial charge is 0.478 e. The van der Waals surface area contributed by atoms with Crippen molar-refractivity contribution < 1.29 is 14.7 Å². The Morgan fingerprint density at radius 3 is 2.15 bits per heavy atom. The summed E-state index contributed by atoms with van der Waals surface area (Å²) in [6, 6.07) is 11.6. The number of carbonyl (C=O) groups excluding carboxylic acids is 1. The van der Waals surface area contributed by atoms with Gasteiger partial charge in [0.15, 0.2) is 0 Å². The van der Waals surface area contributed by atoms with Crippen molar-refractivity contribution in [2.24, 2.45) is 0 Å². The summed E-state index contributed by atoms with van der Waals surface area (Å²) in [6.45, 7) is 5.90. The van der Waals surface area contributed by atoms with E-state index in [9.17, 15) is 14.9 Å². The van der Waals surface area contributed by atoms with E-state index in [1.807, 2.05) is 39.0 Å². The summed E-state index contributed by atoms with van der Waals surface area (Å²) in [7, 11) is 0. The lowest BCUT2D eigenvalue weighted by molar-refractivity contribution is -0.112. The van der Waals surface area contributed by atoms with Gasteiger partial charge in [-0.05, 0) is 56.2 Å². The fourth-order valence-electron chi connectivity index (χ4n) is 2.60. The zero-order valence-electron chi connectivity index (χ0n) is 14.8. The number of hydrogen-bond donors (Lipinski definition) is 3. The Kier molecular flexibility index (Phi) is 5.76. The molecule has 6 nitrogen and oxygen atoms in total. The number of anilines is 2. The van der Waals surface area contributed by atoms with E-state index in [2.05, 4.69) is 10.6 Å². The molecule has 0 aliphatic heterocycles. The van der Waals surface area contributed by atoms with Crippen LogP contribution in [0.2, 0.25) is 0 Å². The number of aromatic carboxylic acids is 1. The highest BCUT2D eigenvalue weighted by Crippen LogP contribution is 2.22. The highest BCUT2D eigenvalue weighted by Gasteiger charge is 2.11. The quantitative estimate of drug-likeness (QED) is 0.563. The number of aryl methyl sites for hydroxylation is 3. The van der Waals surface area contributed by atoms with Gasteiger partial charge in [0.1, 0.15) is 11.6 Å². The van der Waals surface area contributed by atoms with Crippen LogP contribution in [0, 0.1) is 32.1 Å². The summed E-state index contributed by atoms with van der Waals surface area (Å²) in [6.07, 6.45) is 1.37. The van der Waals surface area contributed by atoms with E-state index in [1.54, 1.807) is 0 Å². The zero-order chi connectivity index (χ0) is 19.3. The molecule has 0 bridgehead atoms. The van der Waals surface area contributed by atoms with Gasteiger partial charge in [0.2, 0.25) is 0 Å². The first kappa shape index (κ1) is 18.7. The van der Waals surface area contributed by atoms with Gasteiger partial charge in [-0.15, -0.1) is 0 Å². The lowest BCUT2D eigenvalue weighted by Crippen LogP contribution is -2.15. The minimum Gasteiger partial charge on any atom is -0.478 e. The molecule has 0 fully saturated rings. The van der Waals surface area contributed by atoms with Crippen LogP contribution in [0.4, 0.5) is 11.4 Å². The maximum atomic E-state index is 12.2. The maximum absolute atomic E-state index is 12.2. The second-order valence-electron chi connectivity index (χ2n) is 5.92. The van der Waals surface area contributed by atoms with Crippen LogP contribution >= 0.6 is 0 Å². The van der Waals surface area contributed by atoms with Gasteiger partial charge in [0, 0.05) is 17.6 Å². The molecule has 0 spiro atoms. The molecule has 2 aromatic rings. The minimum absolute atomic E-state index is 0.0910. The van der Waals surface area contributed by atoms with Crippen molar-refractivity contribution in [1.29, 1.82) is 5.26 Å². The third-order valence-electron chi connectivity index (χ3n) is 3.79. The van der Waals surface area contributed by atoms with Crippen LogP contribution in [0.25, 0.3) is 0 Å². The SMILES string of the molecule is Cc1cc(C)c(N/C=C(/C#N)C(=O)Nc2ccc(C(=O)O)cc2)c(C)c1. The van der Waals surface area contributed by atoms with E-state index in [-0.39, 0.29) is 11.1 Å². The summed E-state index contributed by atoms with van der Waals surface area (Å²) in [5.74, 6) is -1.63. The Balaban J connectivity index is 2.15. The van der Waals surface area contributed by atoms with Crippen LogP contribution in [-0.2, 0) is 4.79 Å². The van der Waals surface area contributed by atoms with Crippen molar-refractivity contribution in [2.75, 3.05) is 10.6 Å². The molecular weight excluding hydrogens is 330 g/mol. The molecule has 0 saturated carbocycles. The van der Waals surface area contributed by atoms with Crippen LogP contribution in [0.15, 0.2) is 48.2 Å². The normalized spacial score (nSPS) is 10.8. The second kappa shape index (κ2) is 7.99. The first-order valence-electron chi connectivity index (χ1n) is 7.91. The van der Waals surface area contributed by atoms with Crippen molar-refractivity contribution in [3.8, 4) is 6.07 Å². The van der Waals surface area contributed by atoms with Crippen LogP contribution in [-0.4, -0.2) is 17.0 Å². The van der Waals surface area contributed by atoms with Crippen molar-refractivity contribution in [3.05, 3.63) is 70.4 Å². The summed E-state index contributed by atoms with van der Waals surface area (Å²) in [5.41, 5.74) is 4.45. The van der Waals surface area contributed by atoms with Gasteiger partial charge in [-0.2, -0.15) is 5.26 Å². The van der Waals surface area contributed by atoms with Crippen LogP contribution < -0.4 is 10.6 Å². The van der Waals surface area contributed by atoms with Gasteiger partial charge < -0.3 is 15.7 Å². The fraction of sp³-hybridized carbons (Fsp3) is 0.150. The average molecular weight is 349 g/mol. The standard InChI is InChI=1S/C20H19N3O3/c1-12-8-13(2)18(14(3)9-12)22-11-16(10-21)19(24)23-17-6-4-15(5-7-17)20(25)26/h4-9,11,22H,1-3H3,(H,23,24)(H,25,26)/b16-11-. The molecule has 6 heteroatoms. The molecule has 0 atom stereocenters. The maximum Gasteiger partial charge on any atom is 0.335 e. The Morgan fingerprint density at radius 1 is 1.08 bits per heavy atom. The number of carboxylic acid groups (broad SMARTS) is 1. The minimum atomic E-state index is -1.05. The Morgan fingerprint density at radius 2 is 1.65 bits per heavy atom. The zero-order valence-corrected chi connectivity index (χ0v) is 14.8. The Labute approximate surface area is 151 Å². The summed E-state index contributed by atoms with van der Waals surface area (Å²) in [4.78, 5) is 23.1. The number of carbonyl (C=O) groups is 2. The van der Waals surface area contributed by atoms with Crippen LogP contribution in [0.1, 0.15) is 27.0 Å². The van der Waals surface area contributed by atoms with Crippen LogP contribution in [0.5, 0.6) is 0 Å². The van der Waals surface area contributed by atoms with Gasteiger partial charge >= 0.3 is 5.97 Å². The molecule has 0 aliphatic carbocycles. The molecule has 0 heterocycles. The molecule has 2 aromatic carbocycles. The van der Waals surface area contributed by atoms with E-state index in [0.29, 0.717) is 5.69 Å². The molecule has 3 N–H and O–H groups in total. The third kappa shape index (κ3) is 4.48. The highest BCUT2D eigenvalue weighted by molar-refractivity contribution is 6.06. The van der Waals surface area contributed by atoms with Gasteiger partial charge in [0.25, 0.3) is 5.91 Å². The topological polar surface area (TPSA) is 102 Å². The van der Waals surface area contributed by atoms with E-state index >= 15 is 0 Å². The first-order valence-corrected chi connectivity index (χ1v) is 7.91.